The first kappa shape index (κ1) is 70.7. The number of aryl methyl sites for hydroxylation is 2. The number of aromatic nitrogens is 7. The minimum Gasteiger partial charge on any atom is -0.457 e. The number of hydrogen-bond donors (Lipinski definition) is 0. The van der Waals surface area contributed by atoms with Gasteiger partial charge in [-0.25, -0.2) is 24.9 Å². The van der Waals surface area contributed by atoms with Crippen LogP contribution in [0.4, 0.5) is 0 Å². The zero-order chi connectivity index (χ0) is 80.3. The molecule has 9 nitrogen and oxygen atoms in total. The highest BCUT2D eigenvalue weighted by atomic mass is 16.5. The summed E-state index contributed by atoms with van der Waals surface area (Å²) in [5.74, 6) is 5.63. The van der Waals surface area contributed by atoms with Crippen molar-refractivity contribution < 1.29 is 9.47 Å². The van der Waals surface area contributed by atoms with Crippen molar-refractivity contribution in [2.24, 2.45) is 0 Å². The maximum Gasteiger partial charge on any atom is 0.164 e. The smallest absolute Gasteiger partial charge is 0.164 e. The average Bonchev–Trinajstić information content (AvgIpc) is 1.54. The molecule has 568 valence electrons. The first-order chi connectivity index (χ1) is 59.8. The molecule has 0 atom stereocenters. The Morgan fingerprint density at radius 2 is 0.736 bits per heavy atom. The molecule has 2 spiro atoms. The number of benzene rings is 15. The van der Waals surface area contributed by atoms with E-state index in [0.717, 1.165) is 207 Å². The standard InChI is InChI=1S/C112H73N7O2/c1-69-54-57-114-99(58-69)78-35-26-34-75(62-78)76-52-53-87-97(65-76)112(94-45-20-24-50-104(94)121-105-51-25-21-46-95(105)112)96-47-27-41-88(106(87)96)101-67-100(74-32-10-5-11-33-74)117-108(118-101)81-61-71(60-79(63-81)72-28-6-3-7-29-72)59-77-55-56-113-68-90(77)84-38-14-12-37-83(84)80-64-89(110-116-70(2)115-109(119-110)85-39-15-13-36-82(85)73-30-8-4-9-31-73)107-86-40-16-17-42-91(86)111(98(107)66-80)92-43-18-22-48-102(92)120-103-49-23-19-44-93(103)111/h3-58,60-68H,59H2,1-2H3. The first-order valence-corrected chi connectivity index (χ1v) is 41.2. The number of fused-ring (bicyclic) bond motifs is 18. The van der Waals surface area contributed by atoms with Crippen LogP contribution >= 0.6 is 0 Å². The summed E-state index contributed by atoms with van der Waals surface area (Å²) in [6, 6.07) is 135. The molecule has 0 saturated heterocycles. The van der Waals surface area contributed by atoms with Crippen LogP contribution in [0.15, 0.2) is 395 Å². The lowest BCUT2D eigenvalue weighted by atomic mass is 9.65. The molecule has 23 rings (SSSR count). The van der Waals surface area contributed by atoms with Gasteiger partial charge in [0.25, 0.3) is 0 Å². The number of nitrogens with zero attached hydrogens (tertiary/aromatic N) is 7. The van der Waals surface area contributed by atoms with Crippen LogP contribution in [-0.4, -0.2) is 34.9 Å². The van der Waals surface area contributed by atoms with Gasteiger partial charge in [-0.2, -0.15) is 0 Å². The van der Waals surface area contributed by atoms with Gasteiger partial charge in [-0.3, -0.25) is 9.97 Å². The van der Waals surface area contributed by atoms with Crippen molar-refractivity contribution in [1.82, 2.24) is 34.9 Å². The van der Waals surface area contributed by atoms with Crippen LogP contribution < -0.4 is 9.47 Å². The van der Waals surface area contributed by atoms with E-state index in [1.165, 1.54) is 5.56 Å². The molecule has 6 heterocycles. The van der Waals surface area contributed by atoms with E-state index in [1.54, 1.807) is 0 Å². The van der Waals surface area contributed by atoms with Crippen molar-refractivity contribution in [2.75, 3.05) is 0 Å². The highest BCUT2D eigenvalue weighted by Crippen LogP contribution is 2.66. The molecule has 0 fully saturated rings. The number of pyridine rings is 2. The molecule has 0 unspecified atom stereocenters. The van der Waals surface area contributed by atoms with Crippen molar-refractivity contribution in [3.63, 3.8) is 0 Å². The number of hydrogen-bond acceptors (Lipinski definition) is 9. The van der Waals surface area contributed by atoms with Crippen LogP contribution in [0.2, 0.25) is 0 Å². The molecule has 0 radical (unpaired) electrons. The van der Waals surface area contributed by atoms with E-state index in [2.05, 4.69) is 371 Å². The van der Waals surface area contributed by atoms with E-state index < -0.39 is 10.8 Å². The van der Waals surface area contributed by atoms with E-state index in [9.17, 15) is 0 Å². The fourth-order valence-corrected chi connectivity index (χ4v) is 19.7. The lowest BCUT2D eigenvalue weighted by Gasteiger charge is -2.39. The van der Waals surface area contributed by atoms with E-state index in [1.807, 2.05) is 37.6 Å². The van der Waals surface area contributed by atoms with Crippen LogP contribution in [0.5, 0.6) is 23.0 Å². The summed E-state index contributed by atoms with van der Waals surface area (Å²) in [5.41, 5.74) is 33.7. The molecule has 4 aromatic heterocycles. The predicted molar refractivity (Wildman–Crippen MR) is 484 cm³/mol. The predicted octanol–water partition coefficient (Wildman–Crippen LogP) is 26.9. The second kappa shape index (κ2) is 28.6. The van der Waals surface area contributed by atoms with E-state index >= 15 is 0 Å². The van der Waals surface area contributed by atoms with Crippen LogP contribution in [0.1, 0.15) is 67.0 Å². The molecule has 15 aromatic carbocycles. The first-order valence-electron chi connectivity index (χ1n) is 41.2. The molecule has 0 N–H and O–H groups in total. The maximum absolute atomic E-state index is 6.94. The van der Waals surface area contributed by atoms with Crippen molar-refractivity contribution in [3.05, 3.63) is 462 Å². The molecular weight excluding hydrogens is 1480 g/mol. The molecule has 0 saturated carbocycles. The van der Waals surface area contributed by atoms with E-state index in [-0.39, 0.29) is 0 Å². The SMILES string of the molecule is Cc1ccnc(-c2cccc(-c3ccc4c(c3)C3(c5ccccc5Oc5ccccc53)c3cccc(-c5cc(-c6ccccc6)nc(-c6cc(Cc7ccncc7-c7ccccc7-c7cc(-c8nc(C)nc(-c9ccccc9-c9ccccc9)n8)c8c(c7)C7(c9ccccc9Oc9ccccc97)c7ccccc7-8)cc(-c7ccccc7)c6)n5)c3-4)c2)c1. The number of rotatable bonds is 13. The maximum atomic E-state index is 6.94. The van der Waals surface area contributed by atoms with Crippen LogP contribution in [-0.2, 0) is 17.3 Å². The van der Waals surface area contributed by atoms with Gasteiger partial charge in [0.05, 0.1) is 27.9 Å². The Hall–Kier alpha value is -15.7. The van der Waals surface area contributed by atoms with Crippen molar-refractivity contribution >= 4 is 0 Å². The van der Waals surface area contributed by atoms with Crippen molar-refractivity contribution in [2.45, 2.75) is 31.1 Å². The van der Waals surface area contributed by atoms with Gasteiger partial charge < -0.3 is 9.47 Å². The number of ether oxygens (including phenoxy) is 2. The summed E-state index contributed by atoms with van der Waals surface area (Å²) >= 11 is 0. The Morgan fingerprint density at radius 3 is 1.41 bits per heavy atom. The van der Waals surface area contributed by atoms with Gasteiger partial charge in [0.1, 0.15) is 28.8 Å². The molecular formula is C112H73N7O2. The number of para-hydroxylation sites is 4. The quantitative estimate of drug-likeness (QED) is 0.111. The Bertz CT molecular complexity index is 7330. The highest BCUT2D eigenvalue weighted by molar-refractivity contribution is 6.01. The fraction of sp³-hybridized carbons (Fsp3) is 0.0446. The minimum atomic E-state index is -0.826. The molecule has 2 aliphatic carbocycles. The molecule has 9 heteroatoms. The van der Waals surface area contributed by atoms with E-state index in [0.29, 0.717) is 29.7 Å². The summed E-state index contributed by atoms with van der Waals surface area (Å²) in [6.45, 7) is 4.09. The largest absolute Gasteiger partial charge is 0.457 e. The molecule has 4 aliphatic rings. The molecule has 0 amide bonds. The van der Waals surface area contributed by atoms with E-state index in [4.69, 9.17) is 44.4 Å². The zero-order valence-corrected chi connectivity index (χ0v) is 66.2. The second-order valence-electron chi connectivity index (χ2n) is 31.8. The Labute approximate surface area is 701 Å². The monoisotopic (exact) mass is 1550 g/mol. The van der Waals surface area contributed by atoms with Crippen LogP contribution in [0.25, 0.3) is 146 Å². The third-order valence-corrected chi connectivity index (χ3v) is 24.8. The molecule has 19 aromatic rings. The lowest BCUT2D eigenvalue weighted by molar-refractivity contribution is 0.436. The normalized spacial score (nSPS) is 13.0. The fourth-order valence-electron chi connectivity index (χ4n) is 19.7. The van der Waals surface area contributed by atoms with Crippen molar-refractivity contribution in [3.8, 4) is 169 Å². The molecule has 2 aliphatic heterocycles. The lowest BCUT2D eigenvalue weighted by Crippen LogP contribution is -2.32. The van der Waals surface area contributed by atoms with Gasteiger partial charge in [-0.05, 0) is 216 Å². The van der Waals surface area contributed by atoms with Gasteiger partial charge in [-0.15, -0.1) is 0 Å². The Kier molecular flexibility index (Phi) is 16.7. The highest BCUT2D eigenvalue weighted by Gasteiger charge is 2.54. The zero-order valence-electron chi connectivity index (χ0n) is 66.2. The summed E-state index contributed by atoms with van der Waals surface area (Å²) in [7, 11) is 0. The van der Waals surface area contributed by atoms with Gasteiger partial charge >= 0.3 is 0 Å². The third-order valence-electron chi connectivity index (χ3n) is 24.8. The van der Waals surface area contributed by atoms with Crippen molar-refractivity contribution in [1.29, 1.82) is 0 Å². The van der Waals surface area contributed by atoms with Gasteiger partial charge in [-0.1, -0.05) is 291 Å². The third kappa shape index (κ3) is 11.6. The summed E-state index contributed by atoms with van der Waals surface area (Å²) in [6.07, 6.45) is 6.39. The summed E-state index contributed by atoms with van der Waals surface area (Å²) in [4.78, 5) is 37.5. The molecule has 0 bridgehead atoms. The van der Waals surface area contributed by atoms with Crippen LogP contribution in [0.3, 0.4) is 0 Å². The van der Waals surface area contributed by atoms with Gasteiger partial charge in [0.15, 0.2) is 17.5 Å². The van der Waals surface area contributed by atoms with Gasteiger partial charge in [0, 0.05) is 79.8 Å². The second-order valence-corrected chi connectivity index (χ2v) is 31.8. The van der Waals surface area contributed by atoms with Crippen LogP contribution in [0, 0.1) is 13.8 Å². The topological polar surface area (TPSA) is 109 Å². The molecule has 121 heavy (non-hydrogen) atoms. The Morgan fingerprint density at radius 1 is 0.248 bits per heavy atom. The van der Waals surface area contributed by atoms with Gasteiger partial charge in [0.2, 0.25) is 0 Å². The Balaban J connectivity index is 0.695. The minimum absolute atomic E-state index is 0.538. The summed E-state index contributed by atoms with van der Waals surface area (Å²) < 4.78 is 13.9. The average molecular weight is 1550 g/mol. The summed E-state index contributed by atoms with van der Waals surface area (Å²) in [5, 5.41) is 0.